The lowest BCUT2D eigenvalue weighted by atomic mass is 9.99. The number of rotatable bonds is 14. The van der Waals surface area contributed by atoms with Crippen molar-refractivity contribution in [3.63, 3.8) is 0 Å². The SMILES string of the molecule is CC(=O)OC[C@H]1O[C@@H](Sc2ccccc2S[C@@H]2O[C@H](COC(C)=O)[C@@H](OC(C)=O)[C@H](OC(C)=O)[C@H]2OC(C)=O)[C@H](OC(C)=O)[C@@H](OC(C)=O)[C@@H]1OC(C)=O. The van der Waals surface area contributed by atoms with Gasteiger partial charge in [-0.3, -0.25) is 38.4 Å². The summed E-state index contributed by atoms with van der Waals surface area (Å²) in [5, 5.41) is 0. The number of carbonyl (C=O) groups is 8. The van der Waals surface area contributed by atoms with E-state index < -0.39 is 121 Å². The summed E-state index contributed by atoms with van der Waals surface area (Å²) in [6.45, 7) is 8.10. The molecule has 0 unspecified atom stereocenters. The van der Waals surface area contributed by atoms with Crippen LogP contribution in [0.25, 0.3) is 0 Å². The zero-order valence-corrected chi connectivity index (χ0v) is 32.3. The molecule has 0 aromatic heterocycles. The summed E-state index contributed by atoms with van der Waals surface area (Å²) in [7, 11) is 0. The molecular weight excluding hydrogens is 760 g/mol. The van der Waals surface area contributed by atoms with Crippen LogP contribution < -0.4 is 0 Å². The monoisotopic (exact) mass is 802 g/mol. The highest BCUT2D eigenvalue weighted by Crippen LogP contribution is 2.44. The third-order valence-electron chi connectivity index (χ3n) is 7.23. The standard InChI is InChI=1S/C34H42O18S2/c1-15(35)43-13-23-27(45-17(3)37)29(47-19(5)39)31(49-21(7)41)33(51-23)53-25-11-9-10-12-26(25)54-34-32(50-22(8)42)30(48-20(6)40)28(46-18(4)38)24(52-34)14-44-16(2)36/h9-12,23-24,27-34H,13-14H2,1-8H3/t23-,24-,27-,28-,29+,30+,31-,32-,33+,34+/m1/s1. The van der Waals surface area contributed by atoms with Gasteiger partial charge in [0.05, 0.1) is 0 Å². The zero-order valence-electron chi connectivity index (χ0n) is 30.7. The molecule has 0 N–H and O–H groups in total. The summed E-state index contributed by atoms with van der Waals surface area (Å²) in [5.74, 6) is -6.10. The van der Waals surface area contributed by atoms with E-state index in [1.54, 1.807) is 24.3 Å². The summed E-state index contributed by atoms with van der Waals surface area (Å²) in [6.07, 6.45) is -10.7. The molecule has 20 heteroatoms. The van der Waals surface area contributed by atoms with Crippen LogP contribution in [0.15, 0.2) is 34.1 Å². The molecule has 1 aromatic carbocycles. The van der Waals surface area contributed by atoms with Crippen molar-refractivity contribution in [1.82, 2.24) is 0 Å². The second kappa shape index (κ2) is 20.3. The van der Waals surface area contributed by atoms with E-state index in [4.69, 9.17) is 47.4 Å². The first-order valence-electron chi connectivity index (χ1n) is 16.4. The van der Waals surface area contributed by atoms with E-state index in [0.717, 1.165) is 78.9 Å². The van der Waals surface area contributed by atoms with Gasteiger partial charge in [-0.1, -0.05) is 35.7 Å². The summed E-state index contributed by atoms with van der Waals surface area (Å²) >= 11 is 1.98. The molecule has 18 nitrogen and oxygen atoms in total. The Hall–Kier alpha value is -4.40. The number of hydrogen-bond donors (Lipinski definition) is 0. The van der Waals surface area contributed by atoms with Crippen LogP contribution in [0.1, 0.15) is 55.4 Å². The minimum atomic E-state index is -1.42. The van der Waals surface area contributed by atoms with E-state index in [0.29, 0.717) is 9.79 Å². The Bertz CT molecular complexity index is 1450. The topological polar surface area (TPSA) is 229 Å². The van der Waals surface area contributed by atoms with Crippen molar-refractivity contribution in [2.75, 3.05) is 13.2 Å². The molecule has 0 saturated carbocycles. The summed E-state index contributed by atoms with van der Waals surface area (Å²) in [5.41, 5.74) is -2.38. The van der Waals surface area contributed by atoms with Crippen LogP contribution in [0.3, 0.4) is 0 Å². The largest absolute Gasteiger partial charge is 0.463 e. The van der Waals surface area contributed by atoms with Gasteiger partial charge in [-0.2, -0.15) is 0 Å². The minimum Gasteiger partial charge on any atom is -0.463 e. The Balaban J connectivity index is 2.10. The van der Waals surface area contributed by atoms with Gasteiger partial charge in [0.2, 0.25) is 0 Å². The van der Waals surface area contributed by atoms with Crippen molar-refractivity contribution >= 4 is 71.3 Å². The molecule has 2 aliphatic rings. The molecule has 0 spiro atoms. The smallest absolute Gasteiger partial charge is 0.303 e. The van der Waals surface area contributed by atoms with E-state index in [9.17, 15) is 38.4 Å². The van der Waals surface area contributed by atoms with Gasteiger partial charge in [-0.25, -0.2) is 0 Å². The normalized spacial score (nSPS) is 27.6. The number of hydrogen-bond acceptors (Lipinski definition) is 20. The van der Waals surface area contributed by atoms with E-state index >= 15 is 0 Å². The van der Waals surface area contributed by atoms with Crippen LogP contribution in [0.5, 0.6) is 0 Å². The minimum absolute atomic E-state index is 0.434. The summed E-state index contributed by atoms with van der Waals surface area (Å²) < 4.78 is 56.0. The van der Waals surface area contributed by atoms with Crippen LogP contribution in [0.4, 0.5) is 0 Å². The number of carbonyl (C=O) groups excluding carboxylic acids is 8. The fourth-order valence-corrected chi connectivity index (χ4v) is 8.02. The quantitative estimate of drug-likeness (QED) is 0.194. The molecule has 2 fully saturated rings. The lowest BCUT2D eigenvalue weighted by molar-refractivity contribution is -0.237. The maximum atomic E-state index is 12.4. The van der Waals surface area contributed by atoms with Gasteiger partial charge in [-0.15, -0.1) is 0 Å². The van der Waals surface area contributed by atoms with E-state index in [-0.39, 0.29) is 0 Å². The summed E-state index contributed by atoms with van der Waals surface area (Å²) in [4.78, 5) is 98.1. The number of benzene rings is 1. The molecule has 0 aliphatic carbocycles. The Morgan fingerprint density at radius 1 is 0.444 bits per heavy atom. The lowest BCUT2D eigenvalue weighted by Crippen LogP contribution is -2.61. The molecule has 54 heavy (non-hydrogen) atoms. The van der Waals surface area contributed by atoms with Crippen molar-refractivity contribution in [1.29, 1.82) is 0 Å². The molecule has 0 bridgehead atoms. The third-order valence-corrected chi connectivity index (χ3v) is 9.80. The van der Waals surface area contributed by atoms with Crippen molar-refractivity contribution in [3.8, 4) is 0 Å². The number of thioether (sulfide) groups is 2. The number of esters is 8. The molecule has 2 aliphatic heterocycles. The predicted molar refractivity (Wildman–Crippen MR) is 182 cm³/mol. The fraction of sp³-hybridized carbons (Fsp3) is 0.588. The van der Waals surface area contributed by atoms with Gasteiger partial charge in [0.25, 0.3) is 0 Å². The van der Waals surface area contributed by atoms with Crippen molar-refractivity contribution < 1.29 is 85.7 Å². The first kappa shape index (κ1) is 44.0. The molecule has 1 aromatic rings. The Morgan fingerprint density at radius 3 is 1.00 bits per heavy atom. The zero-order chi connectivity index (χ0) is 40.3. The van der Waals surface area contributed by atoms with Crippen molar-refractivity contribution in [3.05, 3.63) is 24.3 Å². The van der Waals surface area contributed by atoms with E-state index in [2.05, 4.69) is 0 Å². The summed E-state index contributed by atoms with van der Waals surface area (Å²) in [6, 6.07) is 6.66. The second-order valence-electron chi connectivity index (χ2n) is 11.8. The van der Waals surface area contributed by atoms with Crippen LogP contribution in [-0.4, -0.2) is 121 Å². The van der Waals surface area contributed by atoms with Gasteiger partial charge < -0.3 is 47.4 Å². The van der Waals surface area contributed by atoms with E-state index in [1.807, 2.05) is 0 Å². The van der Waals surface area contributed by atoms with Crippen LogP contribution >= 0.6 is 23.5 Å². The van der Waals surface area contributed by atoms with Crippen molar-refractivity contribution in [2.45, 2.75) is 125 Å². The highest BCUT2D eigenvalue weighted by atomic mass is 32.2. The molecule has 2 heterocycles. The van der Waals surface area contributed by atoms with Crippen LogP contribution in [-0.2, 0) is 85.7 Å². The number of ether oxygens (including phenoxy) is 10. The Labute approximate surface area is 318 Å². The average Bonchev–Trinajstić information content (AvgIpc) is 3.04. The predicted octanol–water partition coefficient (Wildman–Crippen LogP) is 2.04. The highest BCUT2D eigenvalue weighted by molar-refractivity contribution is 8.02. The highest BCUT2D eigenvalue weighted by Gasteiger charge is 2.54. The molecule has 0 radical (unpaired) electrons. The molecule has 3 rings (SSSR count). The van der Waals surface area contributed by atoms with Crippen molar-refractivity contribution in [2.24, 2.45) is 0 Å². The fourth-order valence-electron chi connectivity index (χ4n) is 5.46. The van der Waals surface area contributed by atoms with Gasteiger partial charge in [0.1, 0.15) is 36.3 Å². The third kappa shape index (κ3) is 13.2. The molecule has 10 atom stereocenters. The van der Waals surface area contributed by atoms with Gasteiger partial charge in [-0.05, 0) is 12.1 Å². The molecule has 0 amide bonds. The maximum Gasteiger partial charge on any atom is 0.303 e. The van der Waals surface area contributed by atoms with Crippen LogP contribution in [0.2, 0.25) is 0 Å². The van der Waals surface area contributed by atoms with E-state index in [1.165, 1.54) is 0 Å². The molecular formula is C34H42O18S2. The van der Waals surface area contributed by atoms with Crippen LogP contribution in [0, 0.1) is 0 Å². The second-order valence-corrected chi connectivity index (χ2v) is 14.1. The first-order chi connectivity index (χ1) is 25.4. The Kier molecular flexibility index (Phi) is 16.6. The van der Waals surface area contributed by atoms with Gasteiger partial charge >= 0.3 is 47.8 Å². The first-order valence-corrected chi connectivity index (χ1v) is 18.1. The molecule has 2 saturated heterocycles. The lowest BCUT2D eigenvalue weighted by Gasteiger charge is -2.44. The average molecular weight is 803 g/mol. The van der Waals surface area contributed by atoms with Gasteiger partial charge in [0, 0.05) is 65.2 Å². The molecule has 298 valence electrons. The van der Waals surface area contributed by atoms with Gasteiger partial charge in [0.15, 0.2) is 36.6 Å². The Morgan fingerprint density at radius 2 is 0.722 bits per heavy atom. The maximum absolute atomic E-state index is 12.4.